The number of methoxy groups -OCH3 is 1. The normalized spacial score (nSPS) is 15.4. The average molecular weight is 226 g/mol. The third kappa shape index (κ3) is 3.04. The van der Waals surface area contributed by atoms with Gasteiger partial charge < -0.3 is 10.5 Å². The lowest BCUT2D eigenvalue weighted by atomic mass is 10.1. The first kappa shape index (κ1) is 13.2. The molecule has 0 amide bonds. The van der Waals surface area contributed by atoms with E-state index in [4.69, 9.17) is 10.5 Å². The topological polar surface area (TPSA) is 56.3 Å². The summed E-state index contributed by atoms with van der Waals surface area (Å²) in [5.41, 5.74) is 6.98. The van der Waals surface area contributed by atoms with Crippen molar-refractivity contribution in [3.05, 3.63) is 18.0 Å². The van der Waals surface area contributed by atoms with E-state index in [9.17, 15) is 0 Å². The Morgan fingerprint density at radius 2 is 2.31 bits per heavy atom. The summed E-state index contributed by atoms with van der Waals surface area (Å²) in [7, 11) is 5.69. The van der Waals surface area contributed by atoms with Crippen LogP contribution in [-0.2, 0) is 11.8 Å². The minimum Gasteiger partial charge on any atom is -0.383 e. The highest BCUT2D eigenvalue weighted by molar-refractivity contribution is 5.11. The van der Waals surface area contributed by atoms with Gasteiger partial charge in [-0.25, -0.2) is 0 Å². The summed E-state index contributed by atoms with van der Waals surface area (Å²) in [5, 5.41) is 4.18. The fourth-order valence-corrected chi connectivity index (χ4v) is 1.82. The molecule has 0 saturated carbocycles. The van der Waals surface area contributed by atoms with E-state index in [1.54, 1.807) is 11.8 Å². The monoisotopic (exact) mass is 226 g/mol. The Hall–Kier alpha value is -0.910. The highest BCUT2D eigenvalue weighted by atomic mass is 16.5. The molecular weight excluding hydrogens is 204 g/mol. The number of rotatable bonds is 6. The van der Waals surface area contributed by atoms with Crippen LogP contribution in [0.4, 0.5) is 0 Å². The smallest absolute Gasteiger partial charge is 0.0615 e. The quantitative estimate of drug-likeness (QED) is 0.762. The van der Waals surface area contributed by atoms with Crippen LogP contribution in [0.15, 0.2) is 12.4 Å². The molecule has 92 valence electrons. The second kappa shape index (κ2) is 5.98. The second-order valence-corrected chi connectivity index (χ2v) is 4.17. The van der Waals surface area contributed by atoms with E-state index >= 15 is 0 Å². The Balaban J connectivity index is 2.73. The molecule has 0 aliphatic heterocycles. The zero-order valence-corrected chi connectivity index (χ0v) is 10.6. The number of nitrogens with zero attached hydrogens (tertiary/aromatic N) is 3. The highest BCUT2D eigenvalue weighted by Crippen LogP contribution is 2.19. The Bertz CT molecular complexity index is 313. The molecule has 0 aromatic carbocycles. The van der Waals surface area contributed by atoms with E-state index in [-0.39, 0.29) is 6.04 Å². The van der Waals surface area contributed by atoms with Gasteiger partial charge >= 0.3 is 0 Å². The molecular formula is C11H22N4O. The molecule has 1 aromatic heterocycles. The summed E-state index contributed by atoms with van der Waals surface area (Å²) in [5.74, 6) is 0. The van der Waals surface area contributed by atoms with Crippen LogP contribution in [0.1, 0.15) is 18.5 Å². The van der Waals surface area contributed by atoms with Crippen molar-refractivity contribution in [1.29, 1.82) is 0 Å². The van der Waals surface area contributed by atoms with E-state index in [1.807, 2.05) is 19.4 Å². The summed E-state index contributed by atoms with van der Waals surface area (Å²) >= 11 is 0. The second-order valence-electron chi connectivity index (χ2n) is 4.17. The van der Waals surface area contributed by atoms with Crippen molar-refractivity contribution in [3.8, 4) is 0 Å². The largest absolute Gasteiger partial charge is 0.383 e. The van der Waals surface area contributed by atoms with Gasteiger partial charge in [0.2, 0.25) is 0 Å². The predicted molar refractivity (Wildman–Crippen MR) is 64.1 cm³/mol. The van der Waals surface area contributed by atoms with Crippen molar-refractivity contribution < 1.29 is 4.74 Å². The van der Waals surface area contributed by atoms with Gasteiger partial charge in [0, 0.05) is 38.5 Å². The number of ether oxygens (including phenoxy) is 1. The molecule has 0 aliphatic carbocycles. The van der Waals surface area contributed by atoms with Gasteiger partial charge in [0.15, 0.2) is 0 Å². The molecule has 0 spiro atoms. The van der Waals surface area contributed by atoms with E-state index in [0.29, 0.717) is 19.2 Å². The maximum absolute atomic E-state index is 5.83. The zero-order chi connectivity index (χ0) is 12.1. The molecule has 0 bridgehead atoms. The van der Waals surface area contributed by atoms with E-state index in [1.165, 1.54) is 0 Å². The number of nitrogens with two attached hydrogens (primary N) is 1. The van der Waals surface area contributed by atoms with Gasteiger partial charge in [-0.1, -0.05) is 0 Å². The summed E-state index contributed by atoms with van der Waals surface area (Å²) in [6, 6.07) is 0.526. The van der Waals surface area contributed by atoms with Gasteiger partial charge in [-0.3, -0.25) is 9.58 Å². The van der Waals surface area contributed by atoms with Crippen molar-refractivity contribution in [2.75, 3.05) is 27.3 Å². The van der Waals surface area contributed by atoms with Gasteiger partial charge in [0.1, 0.15) is 0 Å². The molecule has 2 unspecified atom stereocenters. The third-order valence-corrected chi connectivity index (χ3v) is 2.93. The molecule has 0 aliphatic rings. The number of likely N-dealkylation sites (N-methyl/N-ethyl adjacent to an activating group) is 1. The molecule has 0 fully saturated rings. The van der Waals surface area contributed by atoms with Gasteiger partial charge in [-0.2, -0.15) is 5.10 Å². The van der Waals surface area contributed by atoms with Crippen LogP contribution in [0.2, 0.25) is 0 Å². The Morgan fingerprint density at radius 1 is 1.62 bits per heavy atom. The Kier molecular flexibility index (Phi) is 4.92. The number of aryl methyl sites for hydroxylation is 1. The van der Waals surface area contributed by atoms with Crippen LogP contribution >= 0.6 is 0 Å². The summed E-state index contributed by atoms with van der Waals surface area (Å²) in [6.07, 6.45) is 3.88. The number of hydrogen-bond donors (Lipinski definition) is 1. The van der Waals surface area contributed by atoms with Crippen molar-refractivity contribution in [1.82, 2.24) is 14.7 Å². The van der Waals surface area contributed by atoms with E-state index in [0.717, 1.165) is 5.56 Å². The summed E-state index contributed by atoms with van der Waals surface area (Å²) < 4.78 is 6.96. The standard InChI is InChI=1S/C11H22N4O/c1-9(8-16-4)15(3)11(5-12)10-6-13-14(2)7-10/h6-7,9,11H,5,8,12H2,1-4H3. The average Bonchev–Trinajstić information content (AvgIpc) is 2.66. The van der Waals surface area contributed by atoms with E-state index in [2.05, 4.69) is 24.0 Å². The number of aromatic nitrogens is 2. The van der Waals surface area contributed by atoms with E-state index < -0.39 is 0 Å². The molecule has 1 rings (SSSR count). The lowest BCUT2D eigenvalue weighted by Gasteiger charge is -2.31. The SMILES string of the molecule is COCC(C)N(C)C(CN)c1cnn(C)c1. The molecule has 5 nitrogen and oxygen atoms in total. The van der Waals surface area contributed by atoms with Crippen LogP contribution in [-0.4, -0.2) is 48.0 Å². The predicted octanol–water partition coefficient (Wildman–Crippen LogP) is 0.387. The van der Waals surface area contributed by atoms with Crippen molar-refractivity contribution in [3.63, 3.8) is 0 Å². The number of hydrogen-bond acceptors (Lipinski definition) is 4. The summed E-state index contributed by atoms with van der Waals surface area (Å²) in [6.45, 7) is 3.41. The Labute approximate surface area is 97.2 Å². The molecule has 16 heavy (non-hydrogen) atoms. The Morgan fingerprint density at radius 3 is 2.75 bits per heavy atom. The molecule has 0 radical (unpaired) electrons. The maximum Gasteiger partial charge on any atom is 0.0615 e. The molecule has 2 atom stereocenters. The van der Waals surface area contributed by atoms with Crippen LogP contribution < -0.4 is 5.73 Å². The minimum absolute atomic E-state index is 0.193. The third-order valence-electron chi connectivity index (χ3n) is 2.93. The molecule has 5 heteroatoms. The summed E-state index contributed by atoms with van der Waals surface area (Å²) in [4.78, 5) is 2.22. The van der Waals surface area contributed by atoms with Crippen molar-refractivity contribution in [2.24, 2.45) is 12.8 Å². The molecule has 1 aromatic rings. The first-order chi connectivity index (χ1) is 7.60. The van der Waals surface area contributed by atoms with Gasteiger partial charge in [0.05, 0.1) is 18.8 Å². The lowest BCUT2D eigenvalue weighted by Crippen LogP contribution is -2.39. The van der Waals surface area contributed by atoms with Gasteiger partial charge in [0.25, 0.3) is 0 Å². The van der Waals surface area contributed by atoms with Gasteiger partial charge in [-0.15, -0.1) is 0 Å². The highest BCUT2D eigenvalue weighted by Gasteiger charge is 2.21. The molecule has 1 heterocycles. The fourth-order valence-electron chi connectivity index (χ4n) is 1.82. The lowest BCUT2D eigenvalue weighted by molar-refractivity contribution is 0.0910. The van der Waals surface area contributed by atoms with Gasteiger partial charge in [-0.05, 0) is 14.0 Å². The molecule has 0 saturated heterocycles. The molecule has 2 N–H and O–H groups in total. The maximum atomic E-state index is 5.83. The first-order valence-electron chi connectivity index (χ1n) is 5.49. The van der Waals surface area contributed by atoms with Crippen molar-refractivity contribution >= 4 is 0 Å². The van der Waals surface area contributed by atoms with Crippen LogP contribution in [0.5, 0.6) is 0 Å². The minimum atomic E-state index is 0.193. The van der Waals surface area contributed by atoms with Crippen molar-refractivity contribution in [2.45, 2.75) is 19.0 Å². The fraction of sp³-hybridized carbons (Fsp3) is 0.727. The van der Waals surface area contributed by atoms with Crippen LogP contribution in [0.3, 0.4) is 0 Å². The van der Waals surface area contributed by atoms with Crippen LogP contribution in [0, 0.1) is 0 Å². The first-order valence-corrected chi connectivity index (χ1v) is 5.49. The van der Waals surface area contributed by atoms with Crippen LogP contribution in [0.25, 0.3) is 0 Å². The zero-order valence-electron chi connectivity index (χ0n) is 10.6.